The molecule has 5 heteroatoms. The first-order chi connectivity index (χ1) is 9.56. The van der Waals surface area contributed by atoms with Gasteiger partial charge >= 0.3 is 5.97 Å². The molecule has 2 aromatic rings. The Morgan fingerprint density at radius 2 is 1.85 bits per heavy atom. The van der Waals surface area contributed by atoms with E-state index in [0.717, 1.165) is 0 Å². The maximum atomic E-state index is 11.9. The van der Waals surface area contributed by atoms with Gasteiger partial charge in [0.25, 0.3) is 0 Å². The molecule has 0 unspecified atom stereocenters. The summed E-state index contributed by atoms with van der Waals surface area (Å²) in [5.41, 5.74) is 1.65. The quantitative estimate of drug-likeness (QED) is 0.489. The molecule has 0 bridgehead atoms. The average Bonchev–Trinajstić information content (AvgIpc) is 2.72. The number of esters is 1. The Hall–Kier alpha value is -1.97. The van der Waals surface area contributed by atoms with Crippen LogP contribution in [-0.2, 0) is 4.79 Å². The summed E-state index contributed by atoms with van der Waals surface area (Å²) in [6.07, 6.45) is 1.60. The number of ether oxygens (including phenoxy) is 1. The summed E-state index contributed by atoms with van der Waals surface area (Å²) in [5, 5.41) is 9.94. The molecule has 2 aromatic carbocycles. The lowest BCUT2D eigenvalue weighted by atomic mass is 10.0. The first-order valence-corrected chi connectivity index (χ1v) is 6.53. The Morgan fingerprint density at radius 1 is 1.10 bits per heavy atom. The van der Waals surface area contributed by atoms with E-state index >= 15 is 0 Å². The van der Waals surface area contributed by atoms with Gasteiger partial charge in [0, 0.05) is 11.6 Å². The van der Waals surface area contributed by atoms with Crippen molar-refractivity contribution in [1.82, 2.24) is 0 Å². The van der Waals surface area contributed by atoms with Crippen molar-refractivity contribution in [2.24, 2.45) is 0 Å². The minimum absolute atomic E-state index is 0.104. The molecule has 0 amide bonds. The number of hydrogen-bond acceptors (Lipinski definition) is 3. The predicted molar refractivity (Wildman–Crippen MR) is 78.1 cm³/mol. The third kappa shape index (κ3) is 2.15. The topological polar surface area (TPSA) is 46.5 Å². The summed E-state index contributed by atoms with van der Waals surface area (Å²) in [6, 6.07) is 9.96. The number of carbonyl (C=O) groups excluding carboxylic acids is 1. The summed E-state index contributed by atoms with van der Waals surface area (Å²) in [4.78, 5) is 11.9. The molecule has 100 valence electrons. The van der Waals surface area contributed by atoms with Gasteiger partial charge in [0.1, 0.15) is 11.5 Å². The zero-order valence-electron chi connectivity index (χ0n) is 10.1. The zero-order chi connectivity index (χ0) is 14.3. The number of carbonyl (C=O) groups is 1. The lowest BCUT2D eigenvalue weighted by Crippen LogP contribution is -2.00. The van der Waals surface area contributed by atoms with Crippen molar-refractivity contribution in [3.05, 3.63) is 57.6 Å². The second kappa shape index (κ2) is 4.85. The highest BCUT2D eigenvalue weighted by molar-refractivity contribution is 6.36. The fourth-order valence-corrected chi connectivity index (χ4v) is 2.38. The summed E-state index contributed by atoms with van der Waals surface area (Å²) >= 11 is 11.9. The third-order valence-corrected chi connectivity index (χ3v) is 3.60. The van der Waals surface area contributed by atoms with Gasteiger partial charge in [0.15, 0.2) is 0 Å². The lowest BCUT2D eigenvalue weighted by Gasteiger charge is -2.03. The Bertz CT molecular complexity index is 751. The SMILES string of the molecule is O=C1Oc2ccccc2/C1=C\c1cc(Cl)c(O)cc1Cl. The van der Waals surface area contributed by atoms with Crippen molar-refractivity contribution in [2.75, 3.05) is 0 Å². The van der Waals surface area contributed by atoms with Gasteiger partial charge in [0.05, 0.1) is 15.6 Å². The van der Waals surface area contributed by atoms with Crippen molar-refractivity contribution in [1.29, 1.82) is 0 Å². The molecule has 0 aromatic heterocycles. The van der Waals surface area contributed by atoms with Crippen molar-refractivity contribution < 1.29 is 14.6 Å². The van der Waals surface area contributed by atoms with E-state index in [2.05, 4.69) is 0 Å². The predicted octanol–water partition coefficient (Wildman–Crippen LogP) is 4.16. The Morgan fingerprint density at radius 3 is 2.65 bits per heavy atom. The van der Waals surface area contributed by atoms with Gasteiger partial charge in [-0.2, -0.15) is 0 Å². The molecule has 0 radical (unpaired) electrons. The minimum atomic E-state index is -0.438. The zero-order valence-corrected chi connectivity index (χ0v) is 11.6. The highest BCUT2D eigenvalue weighted by Crippen LogP contribution is 2.37. The van der Waals surface area contributed by atoms with Crippen LogP contribution in [0, 0.1) is 0 Å². The highest BCUT2D eigenvalue weighted by atomic mass is 35.5. The normalized spacial score (nSPS) is 15.3. The van der Waals surface area contributed by atoms with Crippen LogP contribution in [0.3, 0.4) is 0 Å². The number of rotatable bonds is 1. The molecule has 1 aliphatic rings. The molecule has 0 saturated heterocycles. The van der Waals surface area contributed by atoms with Gasteiger partial charge in [-0.1, -0.05) is 41.4 Å². The van der Waals surface area contributed by atoms with Gasteiger partial charge in [-0.05, 0) is 23.8 Å². The van der Waals surface area contributed by atoms with Gasteiger partial charge in [-0.25, -0.2) is 4.79 Å². The van der Waals surface area contributed by atoms with Crippen molar-refractivity contribution >= 4 is 40.8 Å². The van der Waals surface area contributed by atoms with Gasteiger partial charge in [-0.15, -0.1) is 0 Å². The number of halogens is 2. The number of fused-ring (bicyclic) bond motifs is 1. The van der Waals surface area contributed by atoms with E-state index < -0.39 is 5.97 Å². The van der Waals surface area contributed by atoms with Crippen LogP contribution >= 0.6 is 23.2 Å². The maximum absolute atomic E-state index is 11.9. The second-order valence-electron chi connectivity index (χ2n) is 4.27. The minimum Gasteiger partial charge on any atom is -0.506 e. The largest absolute Gasteiger partial charge is 0.506 e. The molecular weight excluding hydrogens is 299 g/mol. The van der Waals surface area contributed by atoms with Crippen molar-refractivity contribution in [3.8, 4) is 11.5 Å². The molecule has 3 rings (SSSR count). The molecule has 1 heterocycles. The number of aromatic hydroxyl groups is 1. The van der Waals surface area contributed by atoms with Crippen LogP contribution in [-0.4, -0.2) is 11.1 Å². The monoisotopic (exact) mass is 306 g/mol. The van der Waals surface area contributed by atoms with Gasteiger partial charge < -0.3 is 9.84 Å². The van der Waals surface area contributed by atoms with E-state index in [1.807, 2.05) is 6.07 Å². The van der Waals surface area contributed by atoms with Crippen molar-refractivity contribution in [2.45, 2.75) is 0 Å². The van der Waals surface area contributed by atoms with E-state index in [-0.39, 0.29) is 10.8 Å². The summed E-state index contributed by atoms with van der Waals surface area (Å²) in [7, 11) is 0. The number of phenols is 1. The van der Waals surface area contributed by atoms with Crippen LogP contribution in [0.15, 0.2) is 36.4 Å². The molecule has 20 heavy (non-hydrogen) atoms. The first-order valence-electron chi connectivity index (χ1n) is 5.77. The van der Waals surface area contributed by atoms with E-state index in [4.69, 9.17) is 27.9 Å². The molecular formula is C15H8Cl2O3. The molecule has 0 saturated carbocycles. The number of para-hydroxylation sites is 1. The third-order valence-electron chi connectivity index (χ3n) is 2.97. The molecule has 0 spiro atoms. The average molecular weight is 307 g/mol. The molecule has 0 aliphatic carbocycles. The molecule has 0 fully saturated rings. The fourth-order valence-electron chi connectivity index (χ4n) is 2.00. The number of phenolic OH excluding ortho intramolecular Hbond substituents is 1. The summed E-state index contributed by atoms with van der Waals surface area (Å²) < 4.78 is 5.15. The highest BCUT2D eigenvalue weighted by Gasteiger charge is 2.26. The van der Waals surface area contributed by atoms with Crippen LogP contribution in [0.5, 0.6) is 11.5 Å². The molecule has 3 nitrogen and oxygen atoms in total. The summed E-state index contributed by atoms with van der Waals surface area (Å²) in [6.45, 7) is 0. The van der Waals surface area contributed by atoms with Crippen LogP contribution in [0.4, 0.5) is 0 Å². The fraction of sp³-hybridized carbons (Fsp3) is 0. The van der Waals surface area contributed by atoms with Gasteiger partial charge in [0.2, 0.25) is 0 Å². The molecule has 1 aliphatic heterocycles. The van der Waals surface area contributed by atoms with E-state index in [9.17, 15) is 9.90 Å². The molecule has 0 atom stereocenters. The van der Waals surface area contributed by atoms with Crippen molar-refractivity contribution in [3.63, 3.8) is 0 Å². The second-order valence-corrected chi connectivity index (χ2v) is 5.08. The Kier molecular flexibility index (Phi) is 3.16. The van der Waals surface area contributed by atoms with Crippen LogP contribution in [0.2, 0.25) is 10.0 Å². The molecule has 1 N–H and O–H groups in total. The van der Waals surface area contributed by atoms with Crippen LogP contribution in [0.25, 0.3) is 11.6 Å². The van der Waals surface area contributed by atoms with E-state index in [1.165, 1.54) is 12.1 Å². The van der Waals surface area contributed by atoms with E-state index in [1.54, 1.807) is 24.3 Å². The number of hydrogen-bond donors (Lipinski definition) is 1. The van der Waals surface area contributed by atoms with Crippen LogP contribution < -0.4 is 4.74 Å². The first kappa shape index (κ1) is 13.0. The van der Waals surface area contributed by atoms with E-state index in [0.29, 0.717) is 27.5 Å². The lowest BCUT2D eigenvalue weighted by molar-refractivity contribution is -0.126. The standard InChI is InChI=1S/C15H8Cl2O3/c16-11-7-13(18)12(17)6-8(11)5-10-9-3-1-2-4-14(9)20-15(10)19/h1-7,18H/b10-5+. The smallest absolute Gasteiger partial charge is 0.344 e. The summed E-state index contributed by atoms with van der Waals surface area (Å²) in [5.74, 6) is -0.0237. The number of benzene rings is 2. The Balaban J connectivity index is 2.14. The Labute approximate surface area is 125 Å². The maximum Gasteiger partial charge on any atom is 0.344 e. The van der Waals surface area contributed by atoms with Crippen LogP contribution in [0.1, 0.15) is 11.1 Å². The van der Waals surface area contributed by atoms with Gasteiger partial charge in [-0.3, -0.25) is 0 Å².